The number of amides is 4. The van der Waals surface area contributed by atoms with Crippen LogP contribution in [0, 0.1) is 24.0 Å². The number of anilines is 1. The predicted molar refractivity (Wildman–Crippen MR) is 117 cm³/mol. The third-order valence-electron chi connectivity index (χ3n) is 5.24. The first-order chi connectivity index (χ1) is 15.3. The molecule has 1 saturated heterocycles. The Balaban J connectivity index is 1.75. The number of barbiturate groups is 1. The van der Waals surface area contributed by atoms with Crippen LogP contribution in [0.15, 0.2) is 66.4 Å². The Labute approximate surface area is 182 Å². The molecule has 1 aliphatic heterocycles. The second kappa shape index (κ2) is 7.95. The summed E-state index contributed by atoms with van der Waals surface area (Å²) in [6.07, 6.45) is 3.01. The summed E-state index contributed by atoms with van der Waals surface area (Å²) in [4.78, 5) is 49.6. The van der Waals surface area contributed by atoms with Gasteiger partial charge in [0.1, 0.15) is 5.57 Å². The average molecular weight is 430 g/mol. The first-order valence-electron chi connectivity index (χ1n) is 9.67. The third-order valence-corrected chi connectivity index (χ3v) is 5.24. The number of nitro groups is 1. The topological polar surface area (TPSA) is 115 Å². The van der Waals surface area contributed by atoms with Gasteiger partial charge >= 0.3 is 6.03 Å². The van der Waals surface area contributed by atoms with Gasteiger partial charge in [0.05, 0.1) is 16.3 Å². The zero-order valence-electron chi connectivity index (χ0n) is 17.2. The number of urea groups is 1. The van der Waals surface area contributed by atoms with E-state index in [9.17, 15) is 24.5 Å². The standard InChI is InChI=1S/C23H18N4O5/c1-14-8-9-18(11-15(14)2)26-22(29)20(21(28)24-23(26)30)13-17-7-4-10-25(17)16-5-3-6-19(12-16)27(31)32/h3-13H,1-2H3,(H,24,28,30). The fourth-order valence-electron chi connectivity index (χ4n) is 3.41. The molecule has 0 aliphatic carbocycles. The van der Waals surface area contributed by atoms with Crippen LogP contribution in [0.1, 0.15) is 16.8 Å². The van der Waals surface area contributed by atoms with Crippen molar-refractivity contribution in [2.75, 3.05) is 4.90 Å². The number of benzene rings is 2. The van der Waals surface area contributed by atoms with Crippen LogP contribution in [0.2, 0.25) is 0 Å². The van der Waals surface area contributed by atoms with Crippen molar-refractivity contribution in [2.45, 2.75) is 13.8 Å². The van der Waals surface area contributed by atoms with E-state index in [0.29, 0.717) is 17.1 Å². The van der Waals surface area contributed by atoms with Crippen LogP contribution < -0.4 is 10.2 Å². The number of imide groups is 2. The zero-order chi connectivity index (χ0) is 23.0. The number of hydrogen-bond donors (Lipinski definition) is 1. The van der Waals surface area contributed by atoms with Crippen LogP contribution in [0.4, 0.5) is 16.2 Å². The molecule has 4 rings (SSSR count). The van der Waals surface area contributed by atoms with Gasteiger partial charge in [0, 0.05) is 24.0 Å². The van der Waals surface area contributed by atoms with Gasteiger partial charge in [-0.15, -0.1) is 0 Å². The second-order valence-corrected chi connectivity index (χ2v) is 7.31. The van der Waals surface area contributed by atoms with E-state index in [1.54, 1.807) is 53.2 Å². The van der Waals surface area contributed by atoms with E-state index < -0.39 is 22.8 Å². The van der Waals surface area contributed by atoms with Gasteiger partial charge in [-0.25, -0.2) is 9.69 Å². The minimum atomic E-state index is -0.825. The van der Waals surface area contributed by atoms with Gasteiger partial charge in [0.25, 0.3) is 17.5 Å². The molecule has 0 bridgehead atoms. The molecule has 1 fully saturated rings. The molecular weight excluding hydrogens is 412 g/mol. The lowest BCUT2D eigenvalue weighted by Crippen LogP contribution is -2.54. The number of rotatable bonds is 4. The number of carbonyl (C=O) groups excluding carboxylic acids is 3. The van der Waals surface area contributed by atoms with Gasteiger partial charge in [-0.1, -0.05) is 12.1 Å². The molecule has 4 amide bonds. The molecule has 0 saturated carbocycles. The molecule has 160 valence electrons. The summed E-state index contributed by atoms with van der Waals surface area (Å²) in [6.45, 7) is 3.77. The molecule has 32 heavy (non-hydrogen) atoms. The molecule has 0 radical (unpaired) electrons. The van der Waals surface area contributed by atoms with Crippen molar-refractivity contribution in [1.29, 1.82) is 0 Å². The minimum absolute atomic E-state index is 0.0900. The monoisotopic (exact) mass is 430 g/mol. The molecule has 9 heteroatoms. The Hall–Kier alpha value is -4.53. The van der Waals surface area contributed by atoms with Crippen LogP contribution in [0.3, 0.4) is 0 Å². The summed E-state index contributed by atoms with van der Waals surface area (Å²) < 4.78 is 1.61. The van der Waals surface area contributed by atoms with E-state index in [2.05, 4.69) is 5.32 Å². The number of nitro benzene ring substituents is 1. The Kier molecular flexibility index (Phi) is 5.15. The predicted octanol–water partition coefficient (Wildman–Crippen LogP) is 3.67. The number of aryl methyl sites for hydroxylation is 2. The van der Waals surface area contributed by atoms with E-state index in [-0.39, 0.29) is 11.3 Å². The maximum absolute atomic E-state index is 13.1. The van der Waals surface area contributed by atoms with Crippen LogP contribution in [0.5, 0.6) is 0 Å². The third kappa shape index (κ3) is 3.67. The first-order valence-corrected chi connectivity index (χ1v) is 9.67. The average Bonchev–Trinajstić information content (AvgIpc) is 3.22. The molecule has 2 heterocycles. The van der Waals surface area contributed by atoms with Crippen molar-refractivity contribution in [2.24, 2.45) is 0 Å². The van der Waals surface area contributed by atoms with E-state index in [1.165, 1.54) is 18.2 Å². The van der Waals surface area contributed by atoms with E-state index >= 15 is 0 Å². The fourth-order valence-corrected chi connectivity index (χ4v) is 3.41. The largest absolute Gasteiger partial charge is 0.335 e. The highest BCUT2D eigenvalue weighted by Gasteiger charge is 2.37. The summed E-state index contributed by atoms with van der Waals surface area (Å²) in [5.41, 5.74) is 2.86. The summed E-state index contributed by atoms with van der Waals surface area (Å²) in [5, 5.41) is 13.3. The molecular formula is C23H18N4O5. The molecule has 1 N–H and O–H groups in total. The highest BCUT2D eigenvalue weighted by Crippen LogP contribution is 2.25. The Bertz CT molecular complexity index is 1320. The van der Waals surface area contributed by atoms with Crippen molar-refractivity contribution < 1.29 is 19.3 Å². The maximum Gasteiger partial charge on any atom is 0.335 e. The molecule has 0 atom stereocenters. The lowest BCUT2D eigenvalue weighted by molar-refractivity contribution is -0.384. The Morgan fingerprint density at radius 1 is 0.938 bits per heavy atom. The van der Waals surface area contributed by atoms with Crippen molar-refractivity contribution >= 4 is 35.3 Å². The second-order valence-electron chi connectivity index (χ2n) is 7.31. The van der Waals surface area contributed by atoms with Gasteiger partial charge in [0.2, 0.25) is 0 Å². The Morgan fingerprint density at radius 2 is 1.72 bits per heavy atom. The van der Waals surface area contributed by atoms with Gasteiger partial charge in [-0.2, -0.15) is 0 Å². The molecule has 0 spiro atoms. The molecule has 1 aromatic heterocycles. The van der Waals surface area contributed by atoms with Gasteiger partial charge in [-0.3, -0.25) is 25.0 Å². The van der Waals surface area contributed by atoms with Gasteiger partial charge in [0.15, 0.2) is 0 Å². The summed E-state index contributed by atoms with van der Waals surface area (Å²) in [7, 11) is 0. The molecule has 9 nitrogen and oxygen atoms in total. The lowest BCUT2D eigenvalue weighted by Gasteiger charge is -2.27. The van der Waals surface area contributed by atoms with E-state index in [4.69, 9.17) is 0 Å². The highest BCUT2D eigenvalue weighted by molar-refractivity contribution is 6.39. The van der Waals surface area contributed by atoms with Gasteiger partial charge in [-0.05, 0) is 61.4 Å². The quantitative estimate of drug-likeness (QED) is 0.294. The van der Waals surface area contributed by atoms with Crippen molar-refractivity contribution in [1.82, 2.24) is 9.88 Å². The van der Waals surface area contributed by atoms with E-state index in [1.807, 2.05) is 13.8 Å². The normalized spacial score (nSPS) is 15.2. The first kappa shape index (κ1) is 20.7. The summed E-state index contributed by atoms with van der Waals surface area (Å²) in [5.74, 6) is -1.57. The van der Waals surface area contributed by atoms with Crippen LogP contribution >= 0.6 is 0 Å². The number of hydrogen-bond acceptors (Lipinski definition) is 5. The molecule has 0 unspecified atom stereocenters. The lowest BCUT2D eigenvalue weighted by atomic mass is 10.1. The number of nitrogens with zero attached hydrogens (tertiary/aromatic N) is 3. The summed E-state index contributed by atoms with van der Waals surface area (Å²) in [6, 6.07) is 13.6. The van der Waals surface area contributed by atoms with Crippen LogP contribution in [0.25, 0.3) is 11.8 Å². The minimum Gasteiger partial charge on any atom is -0.317 e. The molecule has 1 aliphatic rings. The Morgan fingerprint density at radius 3 is 2.44 bits per heavy atom. The number of carbonyl (C=O) groups is 3. The fraction of sp³-hybridized carbons (Fsp3) is 0.0870. The van der Waals surface area contributed by atoms with Crippen molar-refractivity contribution in [3.63, 3.8) is 0 Å². The van der Waals surface area contributed by atoms with Crippen molar-refractivity contribution in [3.8, 4) is 5.69 Å². The SMILES string of the molecule is Cc1ccc(N2C(=O)NC(=O)C(=Cc3cccn3-c3cccc([N+](=O)[O-])c3)C2=O)cc1C. The zero-order valence-corrected chi connectivity index (χ0v) is 17.2. The van der Waals surface area contributed by atoms with Gasteiger partial charge < -0.3 is 4.57 Å². The van der Waals surface area contributed by atoms with Crippen LogP contribution in [-0.4, -0.2) is 27.3 Å². The van der Waals surface area contributed by atoms with E-state index in [0.717, 1.165) is 16.0 Å². The van der Waals surface area contributed by atoms with Crippen molar-refractivity contribution in [3.05, 3.63) is 93.3 Å². The summed E-state index contributed by atoms with van der Waals surface area (Å²) >= 11 is 0. The highest BCUT2D eigenvalue weighted by atomic mass is 16.6. The van der Waals surface area contributed by atoms with Crippen LogP contribution in [-0.2, 0) is 9.59 Å². The number of aromatic nitrogens is 1. The molecule has 2 aromatic carbocycles. The maximum atomic E-state index is 13.1. The number of nitrogens with one attached hydrogen (secondary N) is 1. The molecule has 3 aromatic rings. The number of non-ortho nitro benzene ring substituents is 1. The smallest absolute Gasteiger partial charge is 0.317 e.